The molecule has 0 aliphatic heterocycles. The fourth-order valence-electron chi connectivity index (χ4n) is 3.80. The number of aryl methyl sites for hydroxylation is 1. The Hall–Kier alpha value is -2.96. The summed E-state index contributed by atoms with van der Waals surface area (Å²) < 4.78 is 16.5. The number of furan rings is 1. The van der Waals surface area contributed by atoms with Gasteiger partial charge in [-0.2, -0.15) is 0 Å². The first-order valence-electron chi connectivity index (χ1n) is 12.1. The summed E-state index contributed by atoms with van der Waals surface area (Å²) >= 11 is 0. The predicted octanol–water partition coefficient (Wildman–Crippen LogP) is 4.85. The highest BCUT2D eigenvalue weighted by Gasteiger charge is 2.23. The number of ether oxygens (including phenoxy) is 2. The molecule has 0 aliphatic carbocycles. The van der Waals surface area contributed by atoms with Crippen LogP contribution in [0.2, 0.25) is 0 Å². The third-order valence-electron chi connectivity index (χ3n) is 5.78. The van der Waals surface area contributed by atoms with Crippen molar-refractivity contribution in [3.8, 4) is 11.5 Å². The Kier molecular flexibility index (Phi) is 11.0. The molecule has 0 atom stereocenters. The highest BCUT2D eigenvalue weighted by atomic mass is 16.5. The summed E-state index contributed by atoms with van der Waals surface area (Å²) in [6.45, 7) is 9.29. The van der Waals surface area contributed by atoms with E-state index in [1.54, 1.807) is 24.0 Å². The minimum atomic E-state index is -0.151. The van der Waals surface area contributed by atoms with Gasteiger partial charge in [-0.3, -0.25) is 9.59 Å². The molecule has 188 valence electrons. The number of carbonyl (C=O) groups is 2. The molecule has 2 aromatic rings. The maximum atomic E-state index is 13.4. The Morgan fingerprint density at radius 1 is 0.971 bits per heavy atom. The van der Waals surface area contributed by atoms with Crippen LogP contribution in [-0.4, -0.2) is 55.5 Å². The van der Waals surface area contributed by atoms with E-state index in [9.17, 15) is 9.59 Å². The van der Waals surface area contributed by atoms with Crippen LogP contribution in [0, 0.1) is 12.8 Å². The highest BCUT2D eigenvalue weighted by molar-refractivity contribution is 5.85. The Morgan fingerprint density at radius 3 is 2.29 bits per heavy atom. The minimum Gasteiger partial charge on any atom is -0.493 e. The molecule has 7 nitrogen and oxygen atoms in total. The van der Waals surface area contributed by atoms with E-state index in [0.29, 0.717) is 37.6 Å². The van der Waals surface area contributed by atoms with Gasteiger partial charge in [-0.25, -0.2) is 0 Å². The quantitative estimate of drug-likeness (QED) is 0.368. The molecule has 0 aliphatic rings. The van der Waals surface area contributed by atoms with E-state index in [2.05, 4.69) is 6.92 Å². The highest BCUT2D eigenvalue weighted by Crippen LogP contribution is 2.28. The van der Waals surface area contributed by atoms with Gasteiger partial charge >= 0.3 is 0 Å². The van der Waals surface area contributed by atoms with Gasteiger partial charge < -0.3 is 23.7 Å². The van der Waals surface area contributed by atoms with Crippen LogP contribution in [0.4, 0.5) is 0 Å². The zero-order valence-electron chi connectivity index (χ0n) is 21.6. The number of hydrogen-bond acceptors (Lipinski definition) is 5. The second-order valence-corrected chi connectivity index (χ2v) is 8.89. The number of nitrogens with zero attached hydrogens (tertiary/aromatic N) is 2. The largest absolute Gasteiger partial charge is 0.493 e. The molecule has 1 aromatic heterocycles. The number of hydrogen-bond donors (Lipinski definition) is 0. The smallest absolute Gasteiger partial charge is 0.242 e. The normalized spacial score (nSPS) is 10.9. The number of rotatable bonds is 14. The van der Waals surface area contributed by atoms with Crippen molar-refractivity contribution in [2.45, 2.75) is 59.9 Å². The van der Waals surface area contributed by atoms with Crippen LogP contribution in [0.15, 0.2) is 34.7 Å². The van der Waals surface area contributed by atoms with Gasteiger partial charge in [-0.15, -0.1) is 0 Å². The molecule has 0 radical (unpaired) electrons. The van der Waals surface area contributed by atoms with Crippen molar-refractivity contribution >= 4 is 11.8 Å². The monoisotopic (exact) mass is 472 g/mol. The second-order valence-electron chi connectivity index (χ2n) is 8.89. The molecular weight excluding hydrogens is 432 g/mol. The number of carbonyl (C=O) groups excluding carboxylic acids is 2. The average molecular weight is 473 g/mol. The molecule has 0 spiro atoms. The van der Waals surface area contributed by atoms with E-state index in [-0.39, 0.29) is 24.3 Å². The lowest BCUT2D eigenvalue weighted by Gasteiger charge is -2.28. The van der Waals surface area contributed by atoms with Crippen molar-refractivity contribution in [1.82, 2.24) is 9.80 Å². The molecule has 0 N–H and O–H groups in total. The molecule has 7 heteroatoms. The van der Waals surface area contributed by atoms with E-state index >= 15 is 0 Å². The van der Waals surface area contributed by atoms with Crippen molar-refractivity contribution in [1.29, 1.82) is 0 Å². The van der Waals surface area contributed by atoms with Gasteiger partial charge in [0.25, 0.3) is 0 Å². The fourth-order valence-corrected chi connectivity index (χ4v) is 3.80. The van der Waals surface area contributed by atoms with Gasteiger partial charge in [0.05, 0.1) is 27.3 Å². The molecule has 1 heterocycles. The molecule has 0 fully saturated rings. The molecule has 0 unspecified atom stereocenters. The van der Waals surface area contributed by atoms with E-state index in [0.717, 1.165) is 36.3 Å². The summed E-state index contributed by atoms with van der Waals surface area (Å²) in [5, 5.41) is 0. The number of amides is 2. The lowest BCUT2D eigenvalue weighted by molar-refractivity contribution is -0.142. The first-order chi connectivity index (χ1) is 16.3. The maximum absolute atomic E-state index is 13.4. The van der Waals surface area contributed by atoms with Crippen LogP contribution in [0.25, 0.3) is 0 Å². The number of methoxy groups -OCH3 is 2. The zero-order valence-corrected chi connectivity index (χ0v) is 21.6. The SMILES string of the molecule is CCCCCN(CC(=O)N(CCc1ccc(OC)c(OC)c1)Cc1ccc(C)o1)C(=O)C(C)C. The molecule has 0 saturated carbocycles. The van der Waals surface area contributed by atoms with Crippen LogP contribution in [0.3, 0.4) is 0 Å². The van der Waals surface area contributed by atoms with Gasteiger partial charge in [0.15, 0.2) is 11.5 Å². The summed E-state index contributed by atoms with van der Waals surface area (Å²) in [7, 11) is 3.21. The van der Waals surface area contributed by atoms with E-state index in [4.69, 9.17) is 13.9 Å². The van der Waals surface area contributed by atoms with Crippen molar-refractivity contribution in [3.05, 3.63) is 47.4 Å². The Labute approximate surface area is 204 Å². The molecule has 1 aromatic carbocycles. The summed E-state index contributed by atoms with van der Waals surface area (Å²) in [5.41, 5.74) is 1.03. The molecule has 34 heavy (non-hydrogen) atoms. The Bertz CT molecular complexity index is 921. The van der Waals surface area contributed by atoms with Crippen LogP contribution < -0.4 is 9.47 Å². The number of unbranched alkanes of at least 4 members (excludes halogenated alkanes) is 2. The average Bonchev–Trinajstić information content (AvgIpc) is 3.24. The van der Waals surface area contributed by atoms with Gasteiger partial charge in [0.1, 0.15) is 11.5 Å². The maximum Gasteiger partial charge on any atom is 0.242 e. The molecule has 0 bridgehead atoms. The van der Waals surface area contributed by atoms with E-state index in [1.807, 2.05) is 51.1 Å². The van der Waals surface area contributed by atoms with Gasteiger partial charge in [-0.1, -0.05) is 39.7 Å². The first kappa shape index (κ1) is 27.3. The molecule has 2 rings (SSSR count). The van der Waals surface area contributed by atoms with Crippen molar-refractivity contribution in [2.24, 2.45) is 5.92 Å². The van der Waals surface area contributed by atoms with Gasteiger partial charge in [0, 0.05) is 19.0 Å². The third-order valence-corrected chi connectivity index (χ3v) is 5.78. The van der Waals surface area contributed by atoms with Crippen molar-refractivity contribution in [2.75, 3.05) is 33.9 Å². The minimum absolute atomic E-state index is 0.0122. The van der Waals surface area contributed by atoms with Gasteiger partial charge in [-0.05, 0) is 49.6 Å². The lowest BCUT2D eigenvalue weighted by atomic mass is 10.1. The molecule has 2 amide bonds. The summed E-state index contributed by atoms with van der Waals surface area (Å²) in [6.07, 6.45) is 3.63. The summed E-state index contributed by atoms with van der Waals surface area (Å²) in [6, 6.07) is 9.56. The van der Waals surface area contributed by atoms with E-state index < -0.39 is 0 Å². The topological polar surface area (TPSA) is 72.2 Å². The van der Waals surface area contributed by atoms with Crippen LogP contribution in [0.1, 0.15) is 57.1 Å². The Balaban J connectivity index is 2.17. The predicted molar refractivity (Wildman–Crippen MR) is 133 cm³/mol. The van der Waals surface area contributed by atoms with Crippen molar-refractivity contribution in [3.63, 3.8) is 0 Å². The third kappa shape index (κ3) is 8.12. The fraction of sp³-hybridized carbons (Fsp3) is 0.556. The van der Waals surface area contributed by atoms with Crippen LogP contribution in [0.5, 0.6) is 11.5 Å². The van der Waals surface area contributed by atoms with Crippen molar-refractivity contribution < 1.29 is 23.5 Å². The lowest BCUT2D eigenvalue weighted by Crippen LogP contribution is -2.45. The molecular formula is C27H40N2O5. The Morgan fingerprint density at radius 2 is 1.71 bits per heavy atom. The van der Waals surface area contributed by atoms with Crippen LogP contribution >= 0.6 is 0 Å². The number of benzene rings is 1. The van der Waals surface area contributed by atoms with E-state index in [1.165, 1.54) is 0 Å². The summed E-state index contributed by atoms with van der Waals surface area (Å²) in [4.78, 5) is 29.7. The van der Waals surface area contributed by atoms with Gasteiger partial charge in [0.2, 0.25) is 11.8 Å². The zero-order chi connectivity index (χ0) is 25.1. The first-order valence-corrected chi connectivity index (χ1v) is 12.1. The second kappa shape index (κ2) is 13.7. The molecule has 0 saturated heterocycles. The summed E-state index contributed by atoms with van der Waals surface area (Å²) in [5.74, 6) is 2.63. The standard InChI is InChI=1S/C27H40N2O5/c1-7-8-9-15-29(27(31)20(2)3)19-26(30)28(18-23-12-10-21(4)34-23)16-14-22-11-13-24(32-5)25(17-22)33-6/h10-13,17,20H,7-9,14-16,18-19H2,1-6H3. The van der Waals surface area contributed by atoms with Crippen LogP contribution in [-0.2, 0) is 22.6 Å².